The van der Waals surface area contributed by atoms with Gasteiger partial charge in [0, 0.05) is 25.4 Å². The van der Waals surface area contributed by atoms with Crippen LogP contribution in [0, 0.1) is 24.7 Å². The third-order valence-electron chi connectivity index (χ3n) is 6.67. The first-order chi connectivity index (χ1) is 15.8. The lowest BCUT2D eigenvalue weighted by Crippen LogP contribution is -2.22. The average Bonchev–Trinajstić information content (AvgIpc) is 2.92. The maximum Gasteiger partial charge on any atom is 0.306 e. The van der Waals surface area contributed by atoms with Gasteiger partial charge >= 0.3 is 5.97 Å². The number of ether oxygens (including phenoxy) is 3. The molecule has 2 fully saturated rings. The van der Waals surface area contributed by atoms with E-state index in [1.54, 1.807) is 6.08 Å². The average molecular weight is 461 g/mol. The Kier molecular flexibility index (Phi) is 9.78. The number of aliphatic hydroxyl groups excluding tert-OH is 2. The number of hydrogen-bond acceptors (Lipinski definition) is 6. The van der Waals surface area contributed by atoms with Gasteiger partial charge < -0.3 is 24.4 Å². The fraction of sp³-hybridized carbons (Fsp3) is 0.667. The van der Waals surface area contributed by atoms with Crippen molar-refractivity contribution in [3.63, 3.8) is 0 Å². The summed E-state index contributed by atoms with van der Waals surface area (Å²) in [6.45, 7) is 6.59. The molecule has 0 aromatic heterocycles. The van der Waals surface area contributed by atoms with Gasteiger partial charge in [-0.25, -0.2) is 0 Å². The molecular weight excluding hydrogens is 420 g/mol. The minimum Gasteiger partial charge on any atom is -0.491 e. The lowest BCUT2D eigenvalue weighted by atomic mass is 9.86. The highest BCUT2D eigenvalue weighted by Gasteiger charge is 2.43. The quantitative estimate of drug-likeness (QED) is 0.402. The van der Waals surface area contributed by atoms with E-state index in [1.165, 1.54) is 0 Å². The fourth-order valence-electron chi connectivity index (χ4n) is 5.00. The van der Waals surface area contributed by atoms with Crippen molar-refractivity contribution in [2.45, 2.75) is 83.7 Å². The first-order valence-electron chi connectivity index (χ1n) is 12.4. The van der Waals surface area contributed by atoms with Crippen LogP contribution in [-0.4, -0.2) is 53.8 Å². The second-order valence-electron chi connectivity index (χ2n) is 9.87. The van der Waals surface area contributed by atoms with Crippen LogP contribution >= 0.6 is 0 Å². The van der Waals surface area contributed by atoms with E-state index in [4.69, 9.17) is 14.2 Å². The Hall–Kier alpha value is -1.89. The zero-order chi connectivity index (χ0) is 23.8. The third kappa shape index (κ3) is 8.13. The second kappa shape index (κ2) is 12.5. The first kappa shape index (κ1) is 25.7. The topological polar surface area (TPSA) is 85.2 Å². The maximum atomic E-state index is 11.8. The molecule has 0 spiro atoms. The molecule has 6 nitrogen and oxygen atoms in total. The molecule has 1 aromatic carbocycles. The van der Waals surface area contributed by atoms with Crippen molar-refractivity contribution in [3.05, 3.63) is 42.0 Å². The molecule has 1 saturated carbocycles. The Labute approximate surface area is 197 Å². The molecule has 1 saturated heterocycles. The summed E-state index contributed by atoms with van der Waals surface area (Å²) >= 11 is 0. The summed E-state index contributed by atoms with van der Waals surface area (Å²) in [6, 6.07) is 7.75. The fourth-order valence-corrected chi connectivity index (χ4v) is 5.00. The van der Waals surface area contributed by atoms with Crippen molar-refractivity contribution in [2.24, 2.45) is 17.8 Å². The van der Waals surface area contributed by atoms with Gasteiger partial charge in [0.15, 0.2) is 0 Å². The normalized spacial score (nSPS) is 28.5. The number of hydrogen-bond donors (Lipinski definition) is 2. The van der Waals surface area contributed by atoms with Crippen molar-refractivity contribution in [2.75, 3.05) is 13.2 Å². The molecule has 1 aliphatic carbocycles. The monoisotopic (exact) mass is 460 g/mol. The minimum atomic E-state index is -0.734. The van der Waals surface area contributed by atoms with Gasteiger partial charge in [-0.1, -0.05) is 24.3 Å². The molecule has 0 unspecified atom stereocenters. The SMILES string of the molecule is Cc1cccc(OC[C@H](O)C=C[C@@H]2[C@H]3CC[C@H](CCCC(=O)OC(C)C)CO[C@H]3C[C@H]2O)c1. The van der Waals surface area contributed by atoms with E-state index >= 15 is 0 Å². The molecule has 2 aliphatic rings. The highest BCUT2D eigenvalue weighted by Crippen LogP contribution is 2.42. The summed E-state index contributed by atoms with van der Waals surface area (Å²) in [5.74, 6) is 1.26. The van der Waals surface area contributed by atoms with E-state index in [-0.39, 0.29) is 36.6 Å². The van der Waals surface area contributed by atoms with E-state index < -0.39 is 12.2 Å². The Bertz CT molecular complexity index is 776. The molecule has 184 valence electrons. The van der Waals surface area contributed by atoms with Crippen LogP contribution in [0.3, 0.4) is 0 Å². The Morgan fingerprint density at radius 2 is 2.12 bits per heavy atom. The predicted molar refractivity (Wildman–Crippen MR) is 127 cm³/mol. The molecule has 1 aromatic rings. The Morgan fingerprint density at radius 1 is 1.30 bits per heavy atom. The highest BCUT2D eigenvalue weighted by molar-refractivity contribution is 5.69. The molecule has 33 heavy (non-hydrogen) atoms. The van der Waals surface area contributed by atoms with E-state index in [9.17, 15) is 15.0 Å². The van der Waals surface area contributed by atoms with Crippen LogP contribution in [0.25, 0.3) is 0 Å². The zero-order valence-corrected chi connectivity index (χ0v) is 20.2. The van der Waals surface area contributed by atoms with Crippen LogP contribution in [-0.2, 0) is 14.3 Å². The molecule has 0 radical (unpaired) electrons. The Morgan fingerprint density at radius 3 is 2.88 bits per heavy atom. The number of fused-ring (bicyclic) bond motifs is 1. The molecule has 2 N–H and O–H groups in total. The number of aliphatic hydroxyl groups is 2. The molecule has 3 rings (SSSR count). The van der Waals surface area contributed by atoms with Crippen molar-refractivity contribution >= 4 is 5.97 Å². The lowest BCUT2D eigenvalue weighted by Gasteiger charge is -2.21. The van der Waals surface area contributed by atoms with Gasteiger partial charge in [0.1, 0.15) is 18.5 Å². The predicted octanol–water partition coefficient (Wildman–Crippen LogP) is 4.21. The molecule has 6 atom stereocenters. The largest absolute Gasteiger partial charge is 0.491 e. The highest BCUT2D eigenvalue weighted by atomic mass is 16.5. The van der Waals surface area contributed by atoms with E-state index in [0.29, 0.717) is 25.4 Å². The first-order valence-corrected chi connectivity index (χ1v) is 12.4. The number of esters is 1. The van der Waals surface area contributed by atoms with Crippen molar-refractivity contribution in [1.29, 1.82) is 0 Å². The van der Waals surface area contributed by atoms with Crippen LogP contribution < -0.4 is 4.74 Å². The van der Waals surface area contributed by atoms with E-state index in [2.05, 4.69) is 0 Å². The maximum absolute atomic E-state index is 11.8. The minimum absolute atomic E-state index is 0.0246. The van der Waals surface area contributed by atoms with Crippen LogP contribution in [0.15, 0.2) is 36.4 Å². The summed E-state index contributed by atoms with van der Waals surface area (Å²) in [6.07, 6.45) is 7.33. The van der Waals surface area contributed by atoms with Gasteiger partial charge in [-0.15, -0.1) is 0 Å². The molecule has 0 bridgehead atoms. The molecule has 1 aliphatic heterocycles. The van der Waals surface area contributed by atoms with Crippen molar-refractivity contribution in [3.8, 4) is 5.75 Å². The number of carbonyl (C=O) groups excluding carboxylic acids is 1. The number of rotatable bonds is 10. The summed E-state index contributed by atoms with van der Waals surface area (Å²) in [5.41, 5.74) is 1.11. The van der Waals surface area contributed by atoms with Crippen LogP contribution in [0.5, 0.6) is 5.75 Å². The van der Waals surface area contributed by atoms with Gasteiger partial charge in [0.05, 0.1) is 18.3 Å². The summed E-state index contributed by atoms with van der Waals surface area (Å²) in [5, 5.41) is 21.0. The number of carbonyl (C=O) groups is 1. The van der Waals surface area contributed by atoms with Gasteiger partial charge in [-0.2, -0.15) is 0 Å². The zero-order valence-electron chi connectivity index (χ0n) is 20.2. The smallest absolute Gasteiger partial charge is 0.306 e. The molecule has 0 amide bonds. The van der Waals surface area contributed by atoms with Crippen molar-refractivity contribution in [1.82, 2.24) is 0 Å². The summed E-state index contributed by atoms with van der Waals surface area (Å²) < 4.78 is 17.1. The summed E-state index contributed by atoms with van der Waals surface area (Å²) in [4.78, 5) is 11.8. The second-order valence-corrected chi connectivity index (χ2v) is 9.87. The van der Waals surface area contributed by atoms with Gasteiger partial charge in [-0.05, 0) is 76.0 Å². The van der Waals surface area contributed by atoms with Crippen LogP contribution in [0.4, 0.5) is 0 Å². The third-order valence-corrected chi connectivity index (χ3v) is 6.67. The number of benzene rings is 1. The Balaban J connectivity index is 1.45. The molecule has 1 heterocycles. The molecule has 6 heteroatoms. The van der Waals surface area contributed by atoms with Gasteiger partial charge in [0.25, 0.3) is 0 Å². The van der Waals surface area contributed by atoms with Gasteiger partial charge in [0.2, 0.25) is 0 Å². The van der Waals surface area contributed by atoms with Crippen LogP contribution in [0.1, 0.15) is 57.9 Å². The van der Waals surface area contributed by atoms with Gasteiger partial charge in [-0.3, -0.25) is 4.79 Å². The lowest BCUT2D eigenvalue weighted by molar-refractivity contribution is -0.147. The van der Waals surface area contributed by atoms with Crippen molar-refractivity contribution < 1.29 is 29.2 Å². The van der Waals surface area contributed by atoms with E-state index in [1.807, 2.05) is 51.1 Å². The van der Waals surface area contributed by atoms with E-state index in [0.717, 1.165) is 37.0 Å². The summed E-state index contributed by atoms with van der Waals surface area (Å²) in [7, 11) is 0. The van der Waals surface area contributed by atoms with Crippen LogP contribution in [0.2, 0.25) is 0 Å². The molecular formula is C27H40O6. The number of aryl methyl sites for hydroxylation is 1. The standard InChI is InChI=1S/C27H40O6/c1-18(2)33-27(30)9-5-7-20-10-12-24-23(25(29)15-26(24)32-16-20)13-11-21(28)17-31-22-8-4-6-19(3)14-22/h4,6,8,11,13-14,18,20-21,23-26,28-29H,5,7,9-10,12,15-17H2,1-3H3/t20-,21+,23+,24+,25+,26-/m0/s1.